The van der Waals surface area contributed by atoms with Crippen LogP contribution in [0.5, 0.6) is 5.75 Å². The molecule has 0 radical (unpaired) electrons. The molecule has 0 spiro atoms. The number of carboxylic acids is 1. The first-order chi connectivity index (χ1) is 11.8. The number of carbonyl (C=O) groups excluding carboxylic acids is 1. The Bertz CT molecular complexity index is 747. The monoisotopic (exact) mass is 398 g/mol. The zero-order valence-electron chi connectivity index (χ0n) is 13.7. The number of hydrogen-bond acceptors (Lipinski definition) is 5. The molecule has 0 fully saturated rings. The van der Waals surface area contributed by atoms with Crippen LogP contribution in [0.2, 0.25) is 0 Å². The zero-order chi connectivity index (χ0) is 20.1. The summed E-state index contributed by atoms with van der Waals surface area (Å²) in [6.45, 7) is 2.39. The van der Waals surface area contributed by atoms with Crippen molar-refractivity contribution in [3.8, 4) is 5.75 Å². The number of rotatable bonds is 8. The van der Waals surface area contributed by atoms with Gasteiger partial charge in [-0.25, -0.2) is 17.9 Å². The van der Waals surface area contributed by atoms with Gasteiger partial charge >= 0.3 is 12.3 Å². The summed E-state index contributed by atoms with van der Waals surface area (Å²) < 4.78 is 65.8. The maximum atomic E-state index is 12.1. The van der Waals surface area contributed by atoms with Gasteiger partial charge in [0.15, 0.2) is 0 Å². The number of alkyl halides is 3. The van der Waals surface area contributed by atoms with Gasteiger partial charge in [-0.15, -0.1) is 13.2 Å². The number of benzene rings is 1. The Hall–Kier alpha value is -2.34. The highest BCUT2D eigenvalue weighted by Crippen LogP contribution is 2.23. The minimum absolute atomic E-state index is 0.390. The number of amides is 1. The lowest BCUT2D eigenvalue weighted by molar-refractivity contribution is -0.274. The molecule has 1 rings (SSSR count). The van der Waals surface area contributed by atoms with E-state index in [1.54, 1.807) is 13.8 Å². The summed E-state index contributed by atoms with van der Waals surface area (Å²) >= 11 is 0. The van der Waals surface area contributed by atoms with E-state index in [0.717, 1.165) is 24.3 Å². The molecule has 0 aromatic heterocycles. The van der Waals surface area contributed by atoms with E-state index in [1.807, 2.05) is 4.72 Å². The number of halogens is 3. The molecule has 26 heavy (non-hydrogen) atoms. The molecule has 3 N–H and O–H groups in total. The molecular formula is C14H17F3N2O6S. The summed E-state index contributed by atoms with van der Waals surface area (Å²) in [6, 6.07) is 2.17. The molecule has 1 atom stereocenters. The summed E-state index contributed by atoms with van der Waals surface area (Å²) in [5.74, 6) is -3.16. The Morgan fingerprint density at radius 1 is 1.19 bits per heavy atom. The molecule has 146 valence electrons. The first-order valence-corrected chi connectivity index (χ1v) is 8.68. The third kappa shape index (κ3) is 6.88. The van der Waals surface area contributed by atoms with Crippen LogP contribution in [0.25, 0.3) is 0 Å². The lowest BCUT2D eigenvalue weighted by Gasteiger charge is -2.18. The Kier molecular flexibility index (Phi) is 6.98. The van der Waals surface area contributed by atoms with Crippen molar-refractivity contribution in [1.29, 1.82) is 0 Å². The largest absolute Gasteiger partial charge is 0.573 e. The van der Waals surface area contributed by atoms with Crippen LogP contribution in [-0.2, 0) is 19.6 Å². The second-order valence-corrected chi connectivity index (χ2v) is 7.24. The number of carbonyl (C=O) groups is 2. The number of aliphatic carboxylic acids is 1. The Morgan fingerprint density at radius 2 is 1.73 bits per heavy atom. The molecule has 0 heterocycles. The minimum atomic E-state index is -4.91. The Morgan fingerprint density at radius 3 is 2.15 bits per heavy atom. The first-order valence-electron chi connectivity index (χ1n) is 7.19. The van der Waals surface area contributed by atoms with Gasteiger partial charge in [0.2, 0.25) is 15.9 Å². The number of carboxylic acid groups (broad SMARTS) is 1. The van der Waals surface area contributed by atoms with Crippen molar-refractivity contribution < 1.29 is 41.0 Å². The summed E-state index contributed by atoms with van der Waals surface area (Å²) in [7, 11) is -4.19. The second kappa shape index (κ2) is 8.36. The quantitative estimate of drug-likeness (QED) is 0.603. The SMILES string of the molecule is CC(C)[C@H](NC(=O)CNS(=O)(=O)c1ccc(OC(F)(F)F)cc1)C(=O)O. The average molecular weight is 398 g/mol. The maximum Gasteiger partial charge on any atom is 0.573 e. The molecule has 0 saturated carbocycles. The lowest BCUT2D eigenvalue weighted by Crippen LogP contribution is -2.47. The van der Waals surface area contributed by atoms with E-state index in [2.05, 4.69) is 10.1 Å². The van der Waals surface area contributed by atoms with Gasteiger partial charge in [-0.1, -0.05) is 13.8 Å². The van der Waals surface area contributed by atoms with E-state index in [4.69, 9.17) is 5.11 Å². The predicted octanol–water partition coefficient (Wildman–Crippen LogP) is 1.09. The molecule has 0 aliphatic heterocycles. The minimum Gasteiger partial charge on any atom is -0.480 e. The van der Waals surface area contributed by atoms with Crippen molar-refractivity contribution in [2.75, 3.05) is 6.54 Å². The van der Waals surface area contributed by atoms with Gasteiger partial charge < -0.3 is 15.2 Å². The Balaban J connectivity index is 2.71. The van der Waals surface area contributed by atoms with Crippen LogP contribution < -0.4 is 14.8 Å². The average Bonchev–Trinajstić information content (AvgIpc) is 2.49. The van der Waals surface area contributed by atoms with Crippen LogP contribution in [0.3, 0.4) is 0 Å². The van der Waals surface area contributed by atoms with E-state index in [9.17, 15) is 31.2 Å². The normalized spacial score (nSPS) is 13.3. The van der Waals surface area contributed by atoms with E-state index < -0.39 is 57.4 Å². The molecule has 0 bridgehead atoms. The van der Waals surface area contributed by atoms with Gasteiger partial charge in [0, 0.05) is 0 Å². The van der Waals surface area contributed by atoms with Gasteiger partial charge in [-0.3, -0.25) is 4.79 Å². The topological polar surface area (TPSA) is 122 Å². The number of ether oxygens (including phenoxy) is 1. The van der Waals surface area contributed by atoms with Gasteiger partial charge in [-0.05, 0) is 30.2 Å². The van der Waals surface area contributed by atoms with Gasteiger partial charge in [0.05, 0.1) is 11.4 Å². The van der Waals surface area contributed by atoms with E-state index in [1.165, 1.54) is 0 Å². The molecule has 0 aliphatic rings. The van der Waals surface area contributed by atoms with E-state index >= 15 is 0 Å². The summed E-state index contributed by atoms with van der Waals surface area (Å²) in [6.07, 6.45) is -4.91. The fraction of sp³-hybridized carbons (Fsp3) is 0.429. The van der Waals surface area contributed by atoms with Crippen LogP contribution in [0.1, 0.15) is 13.8 Å². The Labute approximate surface area is 147 Å². The van der Waals surface area contributed by atoms with Crippen LogP contribution in [0.4, 0.5) is 13.2 Å². The molecule has 1 aromatic rings. The fourth-order valence-corrected chi connectivity index (χ4v) is 2.78. The van der Waals surface area contributed by atoms with E-state index in [0.29, 0.717) is 0 Å². The molecule has 8 nitrogen and oxygen atoms in total. The second-order valence-electron chi connectivity index (χ2n) is 5.47. The number of sulfonamides is 1. The van der Waals surface area contributed by atoms with Gasteiger partial charge in [0.25, 0.3) is 0 Å². The smallest absolute Gasteiger partial charge is 0.480 e. The van der Waals surface area contributed by atoms with Crippen molar-refractivity contribution in [2.24, 2.45) is 5.92 Å². The third-order valence-electron chi connectivity index (χ3n) is 3.04. The third-order valence-corrected chi connectivity index (χ3v) is 4.46. The summed E-state index contributed by atoms with van der Waals surface area (Å²) in [5.41, 5.74) is 0. The predicted molar refractivity (Wildman–Crippen MR) is 82.7 cm³/mol. The van der Waals surface area contributed by atoms with Crippen molar-refractivity contribution in [2.45, 2.75) is 31.1 Å². The highest BCUT2D eigenvalue weighted by Gasteiger charge is 2.31. The van der Waals surface area contributed by atoms with Crippen LogP contribution in [0.15, 0.2) is 29.2 Å². The van der Waals surface area contributed by atoms with Crippen molar-refractivity contribution in [3.05, 3.63) is 24.3 Å². The highest BCUT2D eigenvalue weighted by molar-refractivity contribution is 7.89. The molecule has 0 aliphatic carbocycles. The van der Waals surface area contributed by atoms with E-state index in [-0.39, 0.29) is 0 Å². The molecule has 1 amide bonds. The molecule has 12 heteroatoms. The standard InChI is InChI=1S/C14H17F3N2O6S/c1-8(2)12(13(21)22)19-11(20)7-18-26(23,24)10-5-3-9(4-6-10)25-14(15,16)17/h3-6,8,12,18H,7H2,1-2H3,(H,19,20)(H,21,22)/t12-/m0/s1. The van der Waals surface area contributed by atoms with Crippen molar-refractivity contribution in [3.63, 3.8) is 0 Å². The number of hydrogen-bond donors (Lipinski definition) is 3. The van der Waals surface area contributed by atoms with Crippen molar-refractivity contribution in [1.82, 2.24) is 10.0 Å². The lowest BCUT2D eigenvalue weighted by atomic mass is 10.1. The number of nitrogens with one attached hydrogen (secondary N) is 2. The molecular weight excluding hydrogens is 381 g/mol. The summed E-state index contributed by atoms with van der Waals surface area (Å²) in [4.78, 5) is 22.3. The highest BCUT2D eigenvalue weighted by atomic mass is 32.2. The fourth-order valence-electron chi connectivity index (χ4n) is 1.80. The molecule has 1 aromatic carbocycles. The van der Waals surface area contributed by atoms with Crippen LogP contribution in [0, 0.1) is 5.92 Å². The van der Waals surface area contributed by atoms with Gasteiger partial charge in [0.1, 0.15) is 11.8 Å². The van der Waals surface area contributed by atoms with Gasteiger partial charge in [-0.2, -0.15) is 0 Å². The van der Waals surface area contributed by atoms with Crippen molar-refractivity contribution >= 4 is 21.9 Å². The van der Waals surface area contributed by atoms with Crippen LogP contribution >= 0.6 is 0 Å². The summed E-state index contributed by atoms with van der Waals surface area (Å²) in [5, 5.41) is 11.1. The zero-order valence-corrected chi connectivity index (χ0v) is 14.5. The first kappa shape index (κ1) is 21.7. The molecule has 0 saturated heterocycles. The molecule has 0 unspecified atom stereocenters. The maximum absolute atomic E-state index is 12.1. The van der Waals surface area contributed by atoms with Crippen LogP contribution in [-0.4, -0.2) is 44.3 Å².